The highest BCUT2D eigenvalue weighted by Gasteiger charge is 2.59. The van der Waals surface area contributed by atoms with Crippen LogP contribution in [0.5, 0.6) is 0 Å². The van der Waals surface area contributed by atoms with E-state index in [1.165, 1.54) is 0 Å². The Kier molecular flexibility index (Phi) is 6.36. The van der Waals surface area contributed by atoms with Gasteiger partial charge in [0.25, 0.3) is 5.91 Å². The molecule has 2 fully saturated rings. The Morgan fingerprint density at radius 1 is 1.44 bits per heavy atom. The number of nitrogens with zero attached hydrogens (tertiary/aromatic N) is 1. The smallest absolute Gasteiger partial charge is 0.284 e. The van der Waals surface area contributed by atoms with Gasteiger partial charge < -0.3 is 25.5 Å². The number of fused-ring (bicyclic) bond motifs is 1. The van der Waals surface area contributed by atoms with Gasteiger partial charge in [0.2, 0.25) is 0 Å². The zero-order valence-corrected chi connectivity index (χ0v) is 17.2. The van der Waals surface area contributed by atoms with Gasteiger partial charge in [-0.2, -0.15) is 0 Å². The lowest BCUT2D eigenvalue weighted by Gasteiger charge is -2.54. The number of furan rings is 1. The Balaban J connectivity index is 0.00000225. The number of nitrogens with two attached hydrogens (primary N) is 1. The van der Waals surface area contributed by atoms with Crippen LogP contribution in [0.1, 0.15) is 43.5 Å². The van der Waals surface area contributed by atoms with Crippen LogP contribution in [0.25, 0.3) is 0 Å². The number of nitrogens with one attached hydrogen (secondary N) is 2. The van der Waals surface area contributed by atoms with Crippen molar-refractivity contribution < 1.29 is 13.9 Å². The summed E-state index contributed by atoms with van der Waals surface area (Å²) in [6, 6.07) is 3.63. The first-order valence-corrected chi connectivity index (χ1v) is 8.48. The van der Waals surface area contributed by atoms with Crippen molar-refractivity contribution in [2.75, 3.05) is 13.2 Å². The summed E-state index contributed by atoms with van der Waals surface area (Å²) in [6.45, 7) is 8.45. The molecule has 0 spiro atoms. The van der Waals surface area contributed by atoms with Crippen molar-refractivity contribution in [3.05, 3.63) is 23.7 Å². The van der Waals surface area contributed by atoms with Crippen molar-refractivity contribution in [2.24, 2.45) is 22.1 Å². The van der Waals surface area contributed by atoms with Gasteiger partial charge in [0.1, 0.15) is 12.3 Å². The molecule has 0 bridgehead atoms. The van der Waals surface area contributed by atoms with Crippen LogP contribution in [-0.2, 0) is 11.3 Å². The molecule has 1 aromatic rings. The maximum Gasteiger partial charge on any atom is 0.284 e. The first kappa shape index (κ1) is 20.0. The fraction of sp³-hybridized carbons (Fsp3) is 0.647. The van der Waals surface area contributed by atoms with E-state index in [9.17, 15) is 4.79 Å². The summed E-state index contributed by atoms with van der Waals surface area (Å²) in [5.41, 5.74) is 5.28. The third kappa shape index (κ3) is 3.94. The minimum Gasteiger partial charge on any atom is -0.454 e. The monoisotopic (exact) mass is 462 g/mol. The highest BCUT2D eigenvalue weighted by Crippen LogP contribution is 2.52. The Bertz CT molecular complexity index is 644. The fourth-order valence-electron chi connectivity index (χ4n) is 3.84. The summed E-state index contributed by atoms with van der Waals surface area (Å²) >= 11 is 0. The number of halogens is 1. The molecule has 7 nitrogen and oxygen atoms in total. The van der Waals surface area contributed by atoms with Crippen molar-refractivity contribution in [3.63, 3.8) is 0 Å². The number of amides is 1. The molecule has 1 saturated carbocycles. The molecular formula is C17H27IN4O3. The molecule has 3 rings (SSSR count). The Morgan fingerprint density at radius 2 is 2.20 bits per heavy atom. The number of hydrogen-bond acceptors (Lipinski definition) is 4. The van der Waals surface area contributed by atoms with Crippen LogP contribution in [-0.4, -0.2) is 37.2 Å². The van der Waals surface area contributed by atoms with Gasteiger partial charge in [0, 0.05) is 30.5 Å². The fourth-order valence-corrected chi connectivity index (χ4v) is 3.84. The van der Waals surface area contributed by atoms with Crippen LogP contribution < -0.4 is 16.4 Å². The molecule has 140 valence electrons. The molecule has 1 aliphatic carbocycles. The number of primary amides is 1. The molecule has 2 heterocycles. The topological polar surface area (TPSA) is 102 Å². The first-order chi connectivity index (χ1) is 11.4. The largest absolute Gasteiger partial charge is 0.454 e. The van der Waals surface area contributed by atoms with Gasteiger partial charge in [-0.05, 0) is 25.5 Å². The predicted octanol–water partition coefficient (Wildman–Crippen LogP) is 1.87. The molecule has 0 aromatic carbocycles. The van der Waals surface area contributed by atoms with Crippen molar-refractivity contribution in [2.45, 2.75) is 45.9 Å². The molecule has 4 N–H and O–H groups in total. The SMILES string of the molecule is CCNC(=NCc1ccc(C(N)=O)o1)NC1C2CCOC2C1(C)C.I. The third-order valence-corrected chi connectivity index (χ3v) is 5.03. The van der Waals surface area contributed by atoms with Crippen molar-refractivity contribution in [3.8, 4) is 0 Å². The lowest BCUT2D eigenvalue weighted by molar-refractivity contribution is -0.106. The summed E-state index contributed by atoms with van der Waals surface area (Å²) in [5, 5.41) is 6.81. The minimum atomic E-state index is -0.571. The van der Waals surface area contributed by atoms with E-state index in [-0.39, 0.29) is 35.2 Å². The highest BCUT2D eigenvalue weighted by molar-refractivity contribution is 14.0. The standard InChI is InChI=1S/C17H26N4O3.HI/c1-4-19-16(20-9-10-5-6-12(24-10)15(18)22)21-13-11-7-8-23-14(11)17(13,2)3;/h5-6,11,13-14H,4,7-9H2,1-3H3,(H2,18,22)(H2,19,20,21);1H. The number of rotatable bonds is 5. The van der Waals surface area contributed by atoms with E-state index in [1.807, 2.05) is 6.92 Å². The molecule has 2 aliphatic rings. The molecular weight excluding hydrogens is 435 g/mol. The quantitative estimate of drug-likeness (QED) is 0.352. The van der Waals surface area contributed by atoms with E-state index in [2.05, 4.69) is 29.5 Å². The number of hydrogen-bond donors (Lipinski definition) is 3. The van der Waals surface area contributed by atoms with Gasteiger partial charge in [-0.15, -0.1) is 24.0 Å². The second-order valence-electron chi connectivity index (χ2n) is 7.01. The molecule has 1 saturated heterocycles. The van der Waals surface area contributed by atoms with Gasteiger partial charge in [-0.25, -0.2) is 4.99 Å². The molecule has 1 aliphatic heterocycles. The van der Waals surface area contributed by atoms with Crippen LogP contribution in [0.2, 0.25) is 0 Å². The molecule has 3 unspecified atom stereocenters. The summed E-state index contributed by atoms with van der Waals surface area (Å²) < 4.78 is 11.2. The molecule has 1 amide bonds. The third-order valence-electron chi connectivity index (χ3n) is 5.03. The van der Waals surface area contributed by atoms with Crippen molar-refractivity contribution in [1.82, 2.24) is 10.6 Å². The predicted molar refractivity (Wildman–Crippen MR) is 106 cm³/mol. The van der Waals surface area contributed by atoms with Crippen LogP contribution in [0.4, 0.5) is 0 Å². The van der Waals surface area contributed by atoms with E-state index in [0.717, 1.165) is 25.5 Å². The molecule has 3 atom stereocenters. The van der Waals surface area contributed by atoms with Gasteiger partial charge in [0.05, 0.1) is 6.10 Å². The van der Waals surface area contributed by atoms with Crippen molar-refractivity contribution >= 4 is 35.8 Å². The normalized spacial score (nSPS) is 27.0. The zero-order valence-electron chi connectivity index (χ0n) is 14.9. The van der Waals surface area contributed by atoms with Gasteiger partial charge in [0.15, 0.2) is 11.7 Å². The number of guanidine groups is 1. The van der Waals surface area contributed by atoms with Crippen LogP contribution in [0, 0.1) is 11.3 Å². The van der Waals surface area contributed by atoms with E-state index < -0.39 is 5.91 Å². The summed E-state index contributed by atoms with van der Waals surface area (Å²) in [7, 11) is 0. The Labute approximate surface area is 165 Å². The van der Waals surface area contributed by atoms with Crippen LogP contribution in [0.3, 0.4) is 0 Å². The van der Waals surface area contributed by atoms with E-state index in [1.54, 1.807) is 12.1 Å². The summed E-state index contributed by atoms with van der Waals surface area (Å²) in [4.78, 5) is 15.6. The number of aliphatic imine (C=N–C) groups is 1. The first-order valence-electron chi connectivity index (χ1n) is 8.48. The second-order valence-corrected chi connectivity index (χ2v) is 7.01. The lowest BCUT2D eigenvalue weighted by Crippen LogP contribution is -2.67. The minimum absolute atomic E-state index is 0. The molecule has 8 heteroatoms. The maximum atomic E-state index is 11.1. The van der Waals surface area contributed by atoms with Gasteiger partial charge in [-0.3, -0.25) is 4.79 Å². The zero-order chi connectivity index (χ0) is 17.3. The number of carbonyl (C=O) groups excluding carboxylic acids is 1. The van der Waals surface area contributed by atoms with E-state index in [0.29, 0.717) is 30.4 Å². The number of carbonyl (C=O) groups is 1. The van der Waals surface area contributed by atoms with Crippen LogP contribution >= 0.6 is 24.0 Å². The molecule has 0 radical (unpaired) electrons. The van der Waals surface area contributed by atoms with Crippen LogP contribution in [0.15, 0.2) is 21.5 Å². The van der Waals surface area contributed by atoms with Gasteiger partial charge in [-0.1, -0.05) is 13.8 Å². The average molecular weight is 462 g/mol. The van der Waals surface area contributed by atoms with E-state index in [4.69, 9.17) is 14.9 Å². The maximum absolute atomic E-state index is 11.1. The highest BCUT2D eigenvalue weighted by atomic mass is 127. The van der Waals surface area contributed by atoms with Crippen molar-refractivity contribution in [1.29, 1.82) is 0 Å². The average Bonchev–Trinajstić information content (AvgIpc) is 3.17. The molecule has 1 aromatic heterocycles. The Morgan fingerprint density at radius 3 is 2.84 bits per heavy atom. The number of ether oxygens (including phenoxy) is 1. The molecule has 25 heavy (non-hydrogen) atoms. The van der Waals surface area contributed by atoms with Gasteiger partial charge >= 0.3 is 0 Å². The summed E-state index contributed by atoms with van der Waals surface area (Å²) in [5.74, 6) is 1.48. The lowest BCUT2D eigenvalue weighted by atomic mass is 9.57. The van der Waals surface area contributed by atoms with E-state index >= 15 is 0 Å². The summed E-state index contributed by atoms with van der Waals surface area (Å²) in [6.07, 6.45) is 1.42. The Hall–Kier alpha value is -1.29. The second kappa shape index (κ2) is 7.94.